The summed E-state index contributed by atoms with van der Waals surface area (Å²) in [7, 11) is 2.13. The molecule has 0 saturated carbocycles. The van der Waals surface area contributed by atoms with Crippen molar-refractivity contribution in [2.75, 3.05) is 7.05 Å². The monoisotopic (exact) mass is 267 g/mol. The summed E-state index contributed by atoms with van der Waals surface area (Å²) in [5, 5.41) is 0. The molecule has 0 aliphatic carbocycles. The van der Waals surface area contributed by atoms with Crippen LogP contribution in [0.3, 0.4) is 0 Å². The zero-order chi connectivity index (χ0) is 13.6. The Hall–Kier alpha value is -1.29. The molecule has 0 aromatic heterocycles. The second-order valence-electron chi connectivity index (χ2n) is 5.44. The summed E-state index contributed by atoms with van der Waals surface area (Å²) in [6, 6.07) is 6.55. The van der Waals surface area contributed by atoms with Gasteiger partial charge in [-0.1, -0.05) is 18.2 Å². The Morgan fingerprint density at radius 1 is 1.11 bits per heavy atom. The van der Waals surface area contributed by atoms with Crippen LogP contribution in [0.4, 0.5) is 13.2 Å². The SMILES string of the molecule is CN1[C@@H]2CC[C@@H]1C=C(c1ccc(C(F)(F)F)cc1)C2. The second-order valence-corrected chi connectivity index (χ2v) is 5.44. The van der Waals surface area contributed by atoms with Gasteiger partial charge >= 0.3 is 6.18 Å². The molecule has 2 aliphatic rings. The quantitative estimate of drug-likeness (QED) is 0.744. The van der Waals surface area contributed by atoms with Gasteiger partial charge in [-0.15, -0.1) is 0 Å². The van der Waals surface area contributed by atoms with Gasteiger partial charge in [0.2, 0.25) is 0 Å². The Bertz CT molecular complexity index is 501. The van der Waals surface area contributed by atoms with Gasteiger partial charge < -0.3 is 0 Å². The molecule has 1 aromatic rings. The standard InChI is InChI=1S/C15H16F3N/c1-19-13-6-7-14(19)9-11(8-13)10-2-4-12(5-3-10)15(16,17)18/h2-5,8,13-14H,6-7,9H2,1H3/t13-,14-/m1/s1. The number of fused-ring (bicyclic) bond motifs is 2. The molecular weight excluding hydrogens is 251 g/mol. The second kappa shape index (κ2) is 4.37. The Balaban J connectivity index is 1.86. The molecule has 1 nitrogen and oxygen atoms in total. The summed E-state index contributed by atoms with van der Waals surface area (Å²) in [6.07, 6.45) is 1.25. The van der Waals surface area contributed by atoms with Crippen molar-refractivity contribution in [3.05, 3.63) is 41.5 Å². The maximum absolute atomic E-state index is 12.5. The minimum absolute atomic E-state index is 0.455. The van der Waals surface area contributed by atoms with E-state index in [2.05, 4.69) is 18.0 Å². The third-order valence-electron chi connectivity index (χ3n) is 4.33. The summed E-state index contributed by atoms with van der Waals surface area (Å²) in [6.45, 7) is 0. The number of alkyl halides is 3. The zero-order valence-corrected chi connectivity index (χ0v) is 10.7. The molecule has 2 atom stereocenters. The largest absolute Gasteiger partial charge is 0.416 e. The molecule has 1 saturated heterocycles. The van der Waals surface area contributed by atoms with Crippen LogP contribution >= 0.6 is 0 Å². The maximum atomic E-state index is 12.5. The lowest BCUT2D eigenvalue weighted by molar-refractivity contribution is -0.137. The van der Waals surface area contributed by atoms with E-state index in [-0.39, 0.29) is 0 Å². The highest BCUT2D eigenvalue weighted by molar-refractivity contribution is 5.68. The summed E-state index contributed by atoms with van der Waals surface area (Å²) >= 11 is 0. The molecule has 0 unspecified atom stereocenters. The van der Waals surface area contributed by atoms with Crippen molar-refractivity contribution < 1.29 is 13.2 Å². The van der Waals surface area contributed by atoms with E-state index < -0.39 is 11.7 Å². The van der Waals surface area contributed by atoms with Gasteiger partial charge in [-0.2, -0.15) is 13.2 Å². The first-order valence-corrected chi connectivity index (χ1v) is 6.55. The third-order valence-corrected chi connectivity index (χ3v) is 4.33. The van der Waals surface area contributed by atoms with Crippen molar-refractivity contribution in [1.82, 2.24) is 4.90 Å². The summed E-state index contributed by atoms with van der Waals surface area (Å²) in [5.74, 6) is 0. The van der Waals surface area contributed by atoms with E-state index >= 15 is 0 Å². The molecule has 0 spiro atoms. The van der Waals surface area contributed by atoms with Crippen molar-refractivity contribution in [3.8, 4) is 0 Å². The Labute approximate surface area is 110 Å². The predicted octanol–water partition coefficient (Wildman–Crippen LogP) is 3.96. The van der Waals surface area contributed by atoms with Gasteiger partial charge in [0.1, 0.15) is 0 Å². The van der Waals surface area contributed by atoms with Crippen LogP contribution in [0.5, 0.6) is 0 Å². The molecule has 2 bridgehead atoms. The predicted molar refractivity (Wildman–Crippen MR) is 68.6 cm³/mol. The molecule has 2 aliphatic heterocycles. The van der Waals surface area contributed by atoms with Gasteiger partial charge in [0.25, 0.3) is 0 Å². The summed E-state index contributed by atoms with van der Waals surface area (Å²) in [4.78, 5) is 2.37. The van der Waals surface area contributed by atoms with Crippen molar-refractivity contribution in [2.24, 2.45) is 0 Å². The lowest BCUT2D eigenvalue weighted by atomic mass is 9.94. The molecular formula is C15H16F3N. The van der Waals surface area contributed by atoms with Crippen LogP contribution in [-0.4, -0.2) is 24.0 Å². The minimum atomic E-state index is -4.25. The average Bonchev–Trinajstić information content (AvgIpc) is 2.61. The number of halogens is 3. The zero-order valence-electron chi connectivity index (χ0n) is 10.7. The van der Waals surface area contributed by atoms with Crippen molar-refractivity contribution in [3.63, 3.8) is 0 Å². The molecule has 0 amide bonds. The molecule has 1 aromatic carbocycles. The van der Waals surface area contributed by atoms with Gasteiger partial charge in [0.15, 0.2) is 0 Å². The molecule has 0 N–H and O–H groups in total. The van der Waals surface area contributed by atoms with Crippen molar-refractivity contribution in [1.29, 1.82) is 0 Å². The highest BCUT2D eigenvalue weighted by Gasteiger charge is 2.34. The molecule has 0 radical (unpaired) electrons. The highest BCUT2D eigenvalue weighted by Crippen LogP contribution is 2.38. The number of hydrogen-bond acceptors (Lipinski definition) is 1. The molecule has 2 heterocycles. The van der Waals surface area contributed by atoms with E-state index in [0.29, 0.717) is 12.1 Å². The Morgan fingerprint density at radius 3 is 2.37 bits per heavy atom. The number of benzene rings is 1. The topological polar surface area (TPSA) is 3.24 Å². The van der Waals surface area contributed by atoms with Crippen LogP contribution in [0, 0.1) is 0 Å². The fraction of sp³-hybridized carbons (Fsp3) is 0.467. The first-order valence-electron chi connectivity index (χ1n) is 6.55. The van der Waals surface area contributed by atoms with E-state index in [0.717, 1.165) is 18.4 Å². The van der Waals surface area contributed by atoms with Crippen LogP contribution < -0.4 is 0 Å². The normalized spacial score (nSPS) is 27.5. The van der Waals surface area contributed by atoms with Gasteiger partial charge in [-0.05, 0) is 49.6 Å². The summed E-state index contributed by atoms with van der Waals surface area (Å²) < 4.78 is 37.6. The van der Waals surface area contributed by atoms with Gasteiger partial charge in [-0.25, -0.2) is 0 Å². The first kappa shape index (κ1) is 12.7. The van der Waals surface area contributed by atoms with E-state index in [1.807, 2.05) is 0 Å². The van der Waals surface area contributed by atoms with E-state index in [1.165, 1.54) is 24.1 Å². The first-order chi connectivity index (χ1) is 8.95. The van der Waals surface area contributed by atoms with Crippen LogP contribution in [0.1, 0.15) is 30.4 Å². The maximum Gasteiger partial charge on any atom is 0.416 e. The summed E-state index contributed by atoms with van der Waals surface area (Å²) in [5.41, 5.74) is 1.55. The molecule has 1 fully saturated rings. The van der Waals surface area contributed by atoms with Gasteiger partial charge in [-0.3, -0.25) is 4.90 Å². The van der Waals surface area contributed by atoms with E-state index in [1.54, 1.807) is 12.1 Å². The number of likely N-dealkylation sites (N-methyl/N-ethyl adjacent to an activating group) is 1. The number of hydrogen-bond donors (Lipinski definition) is 0. The average molecular weight is 267 g/mol. The molecule has 19 heavy (non-hydrogen) atoms. The Kier molecular flexibility index (Phi) is 2.93. The third kappa shape index (κ3) is 2.29. The molecule has 3 rings (SSSR count). The van der Waals surface area contributed by atoms with E-state index in [9.17, 15) is 13.2 Å². The van der Waals surface area contributed by atoms with Crippen LogP contribution in [0.25, 0.3) is 5.57 Å². The lowest BCUT2D eigenvalue weighted by Gasteiger charge is -2.30. The Morgan fingerprint density at radius 2 is 1.79 bits per heavy atom. The lowest BCUT2D eigenvalue weighted by Crippen LogP contribution is -2.34. The highest BCUT2D eigenvalue weighted by atomic mass is 19.4. The van der Waals surface area contributed by atoms with E-state index in [4.69, 9.17) is 0 Å². The molecule has 102 valence electrons. The fourth-order valence-electron chi connectivity index (χ4n) is 3.13. The minimum Gasteiger partial charge on any atom is -0.297 e. The van der Waals surface area contributed by atoms with Crippen LogP contribution in [0.2, 0.25) is 0 Å². The fourth-order valence-corrected chi connectivity index (χ4v) is 3.13. The van der Waals surface area contributed by atoms with Crippen LogP contribution in [0.15, 0.2) is 30.3 Å². The van der Waals surface area contributed by atoms with Crippen molar-refractivity contribution >= 4 is 5.57 Å². The van der Waals surface area contributed by atoms with Gasteiger partial charge in [0, 0.05) is 12.1 Å². The number of rotatable bonds is 1. The van der Waals surface area contributed by atoms with Gasteiger partial charge in [0.05, 0.1) is 5.56 Å². The number of nitrogens with zero attached hydrogens (tertiary/aromatic N) is 1. The van der Waals surface area contributed by atoms with Crippen molar-refractivity contribution in [2.45, 2.75) is 37.5 Å². The van der Waals surface area contributed by atoms with Crippen LogP contribution in [-0.2, 0) is 6.18 Å². The smallest absolute Gasteiger partial charge is 0.297 e. The molecule has 4 heteroatoms.